The van der Waals surface area contributed by atoms with Crippen molar-refractivity contribution in [2.45, 2.75) is 25.7 Å². The number of nitrogens with zero attached hydrogens (tertiary/aromatic N) is 1. The number of imide groups is 1. The quantitative estimate of drug-likeness (QED) is 0.854. The Hall–Kier alpha value is -1.89. The molecule has 2 heterocycles. The normalized spacial score (nSPS) is 20.5. The average molecular weight is 338 g/mol. The molecule has 0 aliphatic carbocycles. The third-order valence-electron chi connectivity index (χ3n) is 3.91. The van der Waals surface area contributed by atoms with E-state index >= 15 is 0 Å². The van der Waals surface area contributed by atoms with Gasteiger partial charge in [-0.15, -0.1) is 0 Å². The van der Waals surface area contributed by atoms with E-state index in [9.17, 15) is 18.4 Å². The van der Waals surface area contributed by atoms with Gasteiger partial charge in [0.05, 0.1) is 4.91 Å². The second-order valence-corrected chi connectivity index (χ2v) is 6.72. The molecule has 0 saturated carbocycles. The number of rotatable bonds is 3. The second-order valence-electron chi connectivity index (χ2n) is 5.71. The molecule has 4 nitrogen and oxygen atoms in total. The number of nitrogens with one attached hydrogen (secondary N) is 1. The largest absolute Gasteiger partial charge is 0.371 e. The van der Waals surface area contributed by atoms with Gasteiger partial charge in [0, 0.05) is 31.3 Å². The van der Waals surface area contributed by atoms with Crippen molar-refractivity contribution >= 4 is 34.7 Å². The van der Waals surface area contributed by atoms with E-state index in [4.69, 9.17) is 0 Å². The van der Waals surface area contributed by atoms with Crippen molar-refractivity contribution in [3.63, 3.8) is 0 Å². The van der Waals surface area contributed by atoms with Crippen molar-refractivity contribution in [1.82, 2.24) is 5.32 Å². The lowest BCUT2D eigenvalue weighted by Crippen LogP contribution is -2.20. The van der Waals surface area contributed by atoms with Crippen LogP contribution in [0.25, 0.3) is 6.08 Å². The number of halogens is 2. The topological polar surface area (TPSA) is 49.4 Å². The van der Waals surface area contributed by atoms with Crippen molar-refractivity contribution in [1.29, 1.82) is 0 Å². The molecule has 0 radical (unpaired) electrons. The Morgan fingerprint density at radius 3 is 2.52 bits per heavy atom. The van der Waals surface area contributed by atoms with E-state index in [1.165, 1.54) is 18.2 Å². The molecule has 1 aromatic rings. The highest BCUT2D eigenvalue weighted by atomic mass is 32.2. The number of carbonyl (C=O) groups is 2. The zero-order valence-corrected chi connectivity index (χ0v) is 13.4. The van der Waals surface area contributed by atoms with Gasteiger partial charge < -0.3 is 4.90 Å². The van der Waals surface area contributed by atoms with E-state index in [1.54, 1.807) is 6.07 Å². The van der Waals surface area contributed by atoms with Gasteiger partial charge in [-0.05, 0) is 48.4 Å². The fourth-order valence-corrected chi connectivity index (χ4v) is 3.42. The maximum atomic E-state index is 13.6. The van der Waals surface area contributed by atoms with Crippen LogP contribution in [0.15, 0.2) is 23.1 Å². The second kappa shape index (κ2) is 5.96. The Labute approximate surface area is 136 Å². The zero-order chi connectivity index (χ0) is 16.6. The lowest BCUT2D eigenvalue weighted by molar-refractivity contribution is -0.115. The SMILES string of the molecule is CC(F)(F)c1ccc(N2CCCC2)c(/C=C2\SC(=O)NC2=O)c1. The van der Waals surface area contributed by atoms with Crippen molar-refractivity contribution in [3.8, 4) is 0 Å². The number of amides is 2. The summed E-state index contributed by atoms with van der Waals surface area (Å²) in [5, 5.41) is 1.73. The summed E-state index contributed by atoms with van der Waals surface area (Å²) in [7, 11) is 0. The Morgan fingerprint density at radius 2 is 1.96 bits per heavy atom. The van der Waals surface area contributed by atoms with Crippen LogP contribution in [0.2, 0.25) is 0 Å². The van der Waals surface area contributed by atoms with Gasteiger partial charge in [-0.3, -0.25) is 14.9 Å². The summed E-state index contributed by atoms with van der Waals surface area (Å²) in [6.45, 7) is 2.56. The minimum Gasteiger partial charge on any atom is -0.371 e. The maximum absolute atomic E-state index is 13.6. The molecular weight excluding hydrogens is 322 g/mol. The molecule has 2 amide bonds. The fraction of sp³-hybridized carbons (Fsp3) is 0.375. The van der Waals surface area contributed by atoms with Crippen LogP contribution in [0.1, 0.15) is 30.9 Å². The van der Waals surface area contributed by atoms with Gasteiger partial charge >= 0.3 is 0 Å². The Bertz CT molecular complexity index is 692. The first kappa shape index (κ1) is 16.0. The zero-order valence-electron chi connectivity index (χ0n) is 12.6. The Kier molecular flexibility index (Phi) is 4.14. The molecule has 2 saturated heterocycles. The van der Waals surface area contributed by atoms with Crippen molar-refractivity contribution in [2.75, 3.05) is 18.0 Å². The molecule has 0 aromatic heterocycles. The fourth-order valence-electron chi connectivity index (χ4n) is 2.75. The van der Waals surface area contributed by atoms with E-state index in [-0.39, 0.29) is 10.5 Å². The van der Waals surface area contributed by atoms with E-state index in [2.05, 4.69) is 10.2 Å². The molecule has 1 aromatic carbocycles. The summed E-state index contributed by atoms with van der Waals surface area (Å²) in [6, 6.07) is 4.49. The summed E-state index contributed by atoms with van der Waals surface area (Å²) >= 11 is 0.789. The lowest BCUT2D eigenvalue weighted by atomic mass is 10.0. The Balaban J connectivity index is 2.05. The van der Waals surface area contributed by atoms with Crippen LogP contribution in [0, 0.1) is 0 Å². The van der Waals surface area contributed by atoms with Crippen molar-refractivity contribution in [3.05, 3.63) is 34.2 Å². The molecule has 3 rings (SSSR count). The summed E-state index contributed by atoms with van der Waals surface area (Å²) < 4.78 is 27.2. The van der Waals surface area contributed by atoms with Gasteiger partial charge in [0.15, 0.2) is 0 Å². The molecule has 2 aliphatic heterocycles. The van der Waals surface area contributed by atoms with Gasteiger partial charge in [-0.1, -0.05) is 6.07 Å². The van der Waals surface area contributed by atoms with E-state index in [0.29, 0.717) is 5.56 Å². The van der Waals surface area contributed by atoms with Crippen LogP contribution in [-0.4, -0.2) is 24.2 Å². The molecule has 0 atom stereocenters. The van der Waals surface area contributed by atoms with Crippen LogP contribution in [0.4, 0.5) is 19.3 Å². The number of hydrogen-bond donors (Lipinski definition) is 1. The van der Waals surface area contributed by atoms with Gasteiger partial charge in [0.1, 0.15) is 0 Å². The Morgan fingerprint density at radius 1 is 1.26 bits per heavy atom. The average Bonchev–Trinajstić information content (AvgIpc) is 3.08. The van der Waals surface area contributed by atoms with Gasteiger partial charge in [0.2, 0.25) is 0 Å². The molecular formula is C16H16F2N2O2S. The summed E-state index contributed by atoms with van der Waals surface area (Å²) in [5.74, 6) is -3.45. The standard InChI is InChI=1S/C16H16F2N2O2S/c1-16(17,18)11-4-5-12(20-6-2-3-7-20)10(8-11)9-13-14(21)19-15(22)23-13/h4-5,8-9H,2-3,6-7H2,1H3,(H,19,21,22)/b13-9-. The van der Waals surface area contributed by atoms with E-state index in [0.717, 1.165) is 50.3 Å². The smallest absolute Gasteiger partial charge is 0.290 e. The van der Waals surface area contributed by atoms with Crippen molar-refractivity contribution < 1.29 is 18.4 Å². The molecule has 7 heteroatoms. The van der Waals surface area contributed by atoms with Crippen LogP contribution >= 0.6 is 11.8 Å². The maximum Gasteiger partial charge on any atom is 0.290 e. The molecule has 0 bridgehead atoms. The molecule has 0 spiro atoms. The number of hydrogen-bond acceptors (Lipinski definition) is 4. The molecule has 2 aliphatic rings. The highest BCUT2D eigenvalue weighted by molar-refractivity contribution is 8.18. The summed E-state index contributed by atoms with van der Waals surface area (Å²) in [5.41, 5.74) is 1.25. The van der Waals surface area contributed by atoms with Crippen LogP contribution in [-0.2, 0) is 10.7 Å². The predicted molar refractivity (Wildman–Crippen MR) is 86.6 cm³/mol. The number of anilines is 1. The number of alkyl halides is 2. The number of benzene rings is 1. The minimum absolute atomic E-state index is 0.109. The summed E-state index contributed by atoms with van der Waals surface area (Å²) in [4.78, 5) is 25.3. The first-order valence-corrected chi connectivity index (χ1v) is 8.18. The lowest BCUT2D eigenvalue weighted by Gasteiger charge is -2.22. The van der Waals surface area contributed by atoms with Crippen LogP contribution in [0.5, 0.6) is 0 Å². The highest BCUT2D eigenvalue weighted by Crippen LogP contribution is 2.35. The molecule has 122 valence electrons. The number of carbonyl (C=O) groups excluding carboxylic acids is 2. The van der Waals surface area contributed by atoms with E-state index in [1.807, 2.05) is 0 Å². The molecule has 2 fully saturated rings. The van der Waals surface area contributed by atoms with Gasteiger partial charge in [-0.25, -0.2) is 8.78 Å². The third-order valence-corrected chi connectivity index (χ3v) is 4.72. The minimum atomic E-state index is -2.96. The molecule has 0 unspecified atom stereocenters. The first-order chi connectivity index (χ1) is 10.8. The van der Waals surface area contributed by atoms with Gasteiger partial charge in [-0.2, -0.15) is 0 Å². The molecule has 23 heavy (non-hydrogen) atoms. The van der Waals surface area contributed by atoms with E-state index < -0.39 is 17.1 Å². The summed E-state index contributed by atoms with van der Waals surface area (Å²) in [6.07, 6.45) is 3.62. The highest BCUT2D eigenvalue weighted by Gasteiger charge is 2.28. The van der Waals surface area contributed by atoms with Gasteiger partial charge in [0.25, 0.3) is 17.1 Å². The first-order valence-electron chi connectivity index (χ1n) is 7.37. The van der Waals surface area contributed by atoms with Crippen LogP contribution in [0.3, 0.4) is 0 Å². The molecule has 1 N–H and O–H groups in total. The number of thioether (sulfide) groups is 1. The third kappa shape index (κ3) is 3.39. The van der Waals surface area contributed by atoms with Crippen LogP contribution < -0.4 is 10.2 Å². The predicted octanol–water partition coefficient (Wildman–Crippen LogP) is 3.72. The monoisotopic (exact) mass is 338 g/mol. The van der Waals surface area contributed by atoms with Crippen molar-refractivity contribution in [2.24, 2.45) is 0 Å².